The van der Waals surface area contributed by atoms with Crippen molar-refractivity contribution in [3.8, 4) is 0 Å². The van der Waals surface area contributed by atoms with Gasteiger partial charge in [0.05, 0.1) is 5.69 Å². The number of nitrogens with zero attached hydrogens (tertiary/aromatic N) is 3. The Hall–Kier alpha value is -2.90. The summed E-state index contributed by atoms with van der Waals surface area (Å²) in [6, 6.07) is 7.23. The lowest BCUT2D eigenvalue weighted by Gasteiger charge is -2.18. The highest BCUT2D eigenvalue weighted by molar-refractivity contribution is 5.99. The quantitative estimate of drug-likeness (QED) is 0.935. The van der Waals surface area contributed by atoms with Crippen LogP contribution in [0.2, 0.25) is 0 Å². The van der Waals surface area contributed by atoms with Crippen molar-refractivity contribution in [1.29, 1.82) is 0 Å². The van der Waals surface area contributed by atoms with E-state index in [1.54, 1.807) is 25.1 Å². The minimum atomic E-state index is -0.467. The summed E-state index contributed by atoms with van der Waals surface area (Å²) in [5.74, 6) is 0.0145. The molecule has 1 fully saturated rings. The summed E-state index contributed by atoms with van der Waals surface area (Å²) in [5, 5.41) is 6.20. The number of urea groups is 1. The Kier molecular flexibility index (Phi) is 3.96. The van der Waals surface area contributed by atoms with E-state index in [2.05, 4.69) is 10.5 Å². The first-order chi connectivity index (χ1) is 11.0. The SMILES string of the molecule is Cc1cc(NC(=O)CN2CCN(c3ccccc3F)C2=O)no1. The van der Waals surface area contributed by atoms with Gasteiger partial charge in [-0.1, -0.05) is 17.3 Å². The largest absolute Gasteiger partial charge is 0.360 e. The predicted octanol–water partition coefficient (Wildman–Crippen LogP) is 2.00. The Bertz CT molecular complexity index is 746. The molecule has 1 N–H and O–H groups in total. The summed E-state index contributed by atoms with van der Waals surface area (Å²) in [6.07, 6.45) is 0. The third-order valence-corrected chi connectivity index (χ3v) is 3.47. The zero-order valence-corrected chi connectivity index (χ0v) is 12.5. The number of rotatable bonds is 4. The highest BCUT2D eigenvalue weighted by atomic mass is 19.1. The van der Waals surface area contributed by atoms with E-state index in [1.165, 1.54) is 21.9 Å². The van der Waals surface area contributed by atoms with E-state index in [1.807, 2.05) is 0 Å². The molecule has 0 radical (unpaired) electrons. The van der Waals surface area contributed by atoms with Crippen molar-refractivity contribution in [2.45, 2.75) is 6.92 Å². The maximum absolute atomic E-state index is 13.8. The van der Waals surface area contributed by atoms with E-state index >= 15 is 0 Å². The average molecular weight is 318 g/mol. The van der Waals surface area contributed by atoms with Gasteiger partial charge in [0.25, 0.3) is 0 Å². The van der Waals surface area contributed by atoms with Crippen molar-refractivity contribution in [3.05, 3.63) is 41.9 Å². The summed E-state index contributed by atoms with van der Waals surface area (Å²) < 4.78 is 18.6. The van der Waals surface area contributed by atoms with Crippen LogP contribution in [0.5, 0.6) is 0 Å². The summed E-state index contributed by atoms with van der Waals surface area (Å²) in [4.78, 5) is 27.0. The van der Waals surface area contributed by atoms with Gasteiger partial charge in [-0.15, -0.1) is 0 Å². The molecule has 120 valence electrons. The van der Waals surface area contributed by atoms with Crippen LogP contribution in [0.25, 0.3) is 0 Å². The number of aromatic nitrogens is 1. The zero-order chi connectivity index (χ0) is 16.4. The molecule has 0 unspecified atom stereocenters. The van der Waals surface area contributed by atoms with Crippen LogP contribution in [0, 0.1) is 12.7 Å². The first kappa shape index (κ1) is 15.0. The molecule has 0 atom stereocenters. The van der Waals surface area contributed by atoms with Crippen LogP contribution in [0.3, 0.4) is 0 Å². The summed E-state index contributed by atoms with van der Waals surface area (Å²) in [5.41, 5.74) is 0.215. The monoisotopic (exact) mass is 318 g/mol. The summed E-state index contributed by atoms with van der Waals surface area (Å²) in [7, 11) is 0. The molecule has 8 heteroatoms. The van der Waals surface area contributed by atoms with Crippen LogP contribution in [0.15, 0.2) is 34.9 Å². The van der Waals surface area contributed by atoms with Crippen molar-refractivity contribution in [2.75, 3.05) is 29.9 Å². The van der Waals surface area contributed by atoms with Gasteiger partial charge in [0.15, 0.2) is 5.82 Å². The molecule has 1 saturated heterocycles. The summed E-state index contributed by atoms with van der Waals surface area (Å²) in [6.45, 7) is 2.25. The third-order valence-electron chi connectivity index (χ3n) is 3.47. The minimum Gasteiger partial charge on any atom is -0.360 e. The molecule has 0 saturated carbocycles. The fourth-order valence-corrected chi connectivity index (χ4v) is 2.40. The molecule has 0 spiro atoms. The number of carbonyl (C=O) groups excluding carboxylic acids is 2. The average Bonchev–Trinajstić information content (AvgIpc) is 3.07. The molecule has 23 heavy (non-hydrogen) atoms. The third kappa shape index (κ3) is 3.15. The molecule has 2 aromatic rings. The Morgan fingerprint density at radius 3 is 2.87 bits per heavy atom. The van der Waals surface area contributed by atoms with Gasteiger partial charge in [-0.2, -0.15) is 0 Å². The van der Waals surface area contributed by atoms with Crippen LogP contribution >= 0.6 is 0 Å². The molecular formula is C15H15FN4O3. The molecule has 7 nitrogen and oxygen atoms in total. The highest BCUT2D eigenvalue weighted by Crippen LogP contribution is 2.23. The molecule has 3 amide bonds. The van der Waals surface area contributed by atoms with Gasteiger partial charge in [0.2, 0.25) is 5.91 Å². The number of amides is 3. The van der Waals surface area contributed by atoms with Crippen molar-refractivity contribution in [3.63, 3.8) is 0 Å². The van der Waals surface area contributed by atoms with E-state index in [4.69, 9.17) is 4.52 Å². The Balaban J connectivity index is 1.63. The number of para-hydroxylation sites is 1. The molecule has 0 bridgehead atoms. The van der Waals surface area contributed by atoms with Crippen molar-refractivity contribution >= 4 is 23.4 Å². The molecule has 3 rings (SSSR count). The van der Waals surface area contributed by atoms with E-state index in [0.717, 1.165) is 0 Å². The normalized spacial score (nSPS) is 14.4. The molecule has 1 aliphatic heterocycles. The minimum absolute atomic E-state index is 0.129. The zero-order valence-electron chi connectivity index (χ0n) is 12.5. The van der Waals surface area contributed by atoms with E-state index in [-0.39, 0.29) is 18.1 Å². The van der Waals surface area contributed by atoms with E-state index in [9.17, 15) is 14.0 Å². The predicted molar refractivity (Wildman–Crippen MR) is 80.6 cm³/mol. The van der Waals surface area contributed by atoms with Crippen LogP contribution < -0.4 is 10.2 Å². The number of nitrogens with one attached hydrogen (secondary N) is 1. The number of benzene rings is 1. The lowest BCUT2D eigenvalue weighted by molar-refractivity contribution is -0.116. The number of anilines is 2. The fourth-order valence-electron chi connectivity index (χ4n) is 2.40. The van der Waals surface area contributed by atoms with Crippen LogP contribution in [0.1, 0.15) is 5.76 Å². The smallest absolute Gasteiger partial charge is 0.325 e. The molecule has 1 aromatic carbocycles. The molecule has 2 heterocycles. The fraction of sp³-hybridized carbons (Fsp3) is 0.267. The molecule has 0 aliphatic carbocycles. The van der Waals surface area contributed by atoms with Gasteiger partial charge in [-0.25, -0.2) is 9.18 Å². The van der Waals surface area contributed by atoms with Crippen LogP contribution in [-0.2, 0) is 4.79 Å². The number of hydrogen-bond acceptors (Lipinski definition) is 4. The van der Waals surface area contributed by atoms with Crippen molar-refractivity contribution < 1.29 is 18.5 Å². The van der Waals surface area contributed by atoms with Gasteiger partial charge in [-0.05, 0) is 19.1 Å². The van der Waals surface area contributed by atoms with E-state index in [0.29, 0.717) is 24.7 Å². The maximum Gasteiger partial charge on any atom is 0.325 e. The van der Waals surface area contributed by atoms with Gasteiger partial charge in [-0.3, -0.25) is 9.69 Å². The number of carbonyl (C=O) groups is 2. The van der Waals surface area contributed by atoms with Crippen molar-refractivity contribution in [2.24, 2.45) is 0 Å². The van der Waals surface area contributed by atoms with Gasteiger partial charge < -0.3 is 14.7 Å². The molecule has 1 aliphatic rings. The number of aryl methyl sites for hydroxylation is 1. The van der Waals surface area contributed by atoms with Gasteiger partial charge in [0.1, 0.15) is 18.1 Å². The second kappa shape index (κ2) is 6.07. The first-order valence-corrected chi connectivity index (χ1v) is 7.09. The van der Waals surface area contributed by atoms with Gasteiger partial charge >= 0.3 is 6.03 Å². The number of hydrogen-bond donors (Lipinski definition) is 1. The van der Waals surface area contributed by atoms with Crippen LogP contribution in [0.4, 0.5) is 20.7 Å². The Morgan fingerprint density at radius 1 is 1.39 bits per heavy atom. The summed E-state index contributed by atoms with van der Waals surface area (Å²) >= 11 is 0. The Labute approximate surface area is 131 Å². The van der Waals surface area contributed by atoms with E-state index < -0.39 is 11.8 Å². The van der Waals surface area contributed by atoms with Crippen molar-refractivity contribution in [1.82, 2.24) is 10.1 Å². The molecular weight excluding hydrogens is 303 g/mol. The topological polar surface area (TPSA) is 78.7 Å². The number of halogens is 1. The second-order valence-electron chi connectivity index (χ2n) is 5.18. The highest BCUT2D eigenvalue weighted by Gasteiger charge is 2.32. The molecule has 1 aromatic heterocycles. The first-order valence-electron chi connectivity index (χ1n) is 7.09. The lowest BCUT2D eigenvalue weighted by atomic mass is 10.3. The standard InChI is InChI=1S/C15H15FN4O3/c1-10-8-13(18-23-10)17-14(21)9-19-6-7-20(15(19)22)12-5-3-2-4-11(12)16/h2-5,8H,6-7,9H2,1H3,(H,17,18,21). The second-order valence-corrected chi connectivity index (χ2v) is 5.18. The Morgan fingerprint density at radius 2 is 2.17 bits per heavy atom. The van der Waals surface area contributed by atoms with Crippen LogP contribution in [-0.4, -0.2) is 41.6 Å². The lowest BCUT2D eigenvalue weighted by Crippen LogP contribution is -2.37. The van der Waals surface area contributed by atoms with Gasteiger partial charge in [0, 0.05) is 19.2 Å². The maximum atomic E-state index is 13.8.